The first kappa shape index (κ1) is 13.3. The van der Waals surface area contributed by atoms with Gasteiger partial charge in [0.05, 0.1) is 0 Å². The molecular weight excluding hydrogens is 224 g/mol. The fraction of sp³-hybridized carbons (Fsp3) is 0.714. The molecule has 0 aromatic carbocycles. The zero-order chi connectivity index (χ0) is 13.0. The number of anilines is 1. The molecule has 1 aromatic heterocycles. The van der Waals surface area contributed by atoms with Crippen molar-refractivity contribution in [3.05, 3.63) is 18.0 Å². The summed E-state index contributed by atoms with van der Waals surface area (Å²) in [6.45, 7) is 3.18. The number of hydrogen-bond donors (Lipinski definition) is 1. The van der Waals surface area contributed by atoms with Crippen LogP contribution in [0.1, 0.15) is 38.2 Å². The molecule has 0 aliphatic heterocycles. The second kappa shape index (κ2) is 6.14. The lowest BCUT2D eigenvalue weighted by Crippen LogP contribution is -2.30. The van der Waals surface area contributed by atoms with Crippen LogP contribution in [0.25, 0.3) is 0 Å². The number of rotatable bonds is 6. The summed E-state index contributed by atoms with van der Waals surface area (Å²) in [5.74, 6) is 1.67. The standard InChI is InChI=1S/C14H24N4/c1-3-13(15)7-12-8-16-14(17-9-12)18(2)10-11-5-4-6-11/h8-9,11,13H,3-7,10,15H2,1-2H3. The molecule has 1 fully saturated rings. The van der Waals surface area contributed by atoms with Crippen molar-refractivity contribution >= 4 is 5.95 Å². The van der Waals surface area contributed by atoms with Crippen LogP contribution >= 0.6 is 0 Å². The lowest BCUT2D eigenvalue weighted by atomic mass is 9.85. The van der Waals surface area contributed by atoms with Crippen molar-refractivity contribution in [3.63, 3.8) is 0 Å². The average Bonchev–Trinajstić information content (AvgIpc) is 2.34. The Hall–Kier alpha value is -1.16. The van der Waals surface area contributed by atoms with E-state index in [1.165, 1.54) is 19.3 Å². The molecule has 2 rings (SSSR count). The van der Waals surface area contributed by atoms with Crippen molar-refractivity contribution in [1.82, 2.24) is 9.97 Å². The molecule has 1 saturated carbocycles. The summed E-state index contributed by atoms with van der Waals surface area (Å²) < 4.78 is 0. The Bertz CT molecular complexity index is 359. The van der Waals surface area contributed by atoms with Crippen LogP contribution in [0.5, 0.6) is 0 Å². The molecule has 0 radical (unpaired) electrons. The highest BCUT2D eigenvalue weighted by Crippen LogP contribution is 2.27. The topological polar surface area (TPSA) is 55.0 Å². The SMILES string of the molecule is CCC(N)Cc1cnc(N(C)CC2CCC2)nc1. The van der Waals surface area contributed by atoms with Crippen LogP contribution in [0.15, 0.2) is 12.4 Å². The summed E-state index contributed by atoms with van der Waals surface area (Å²) in [5, 5.41) is 0. The monoisotopic (exact) mass is 248 g/mol. The molecule has 1 aromatic rings. The normalized spacial score (nSPS) is 17.3. The third-order valence-electron chi connectivity index (χ3n) is 3.81. The molecule has 0 bridgehead atoms. The fourth-order valence-corrected chi connectivity index (χ4v) is 2.24. The highest BCUT2D eigenvalue weighted by atomic mass is 15.2. The van der Waals surface area contributed by atoms with Crippen molar-refractivity contribution in [2.45, 2.75) is 45.1 Å². The van der Waals surface area contributed by atoms with Gasteiger partial charge in [0.25, 0.3) is 0 Å². The maximum absolute atomic E-state index is 5.93. The Balaban J connectivity index is 1.89. The van der Waals surface area contributed by atoms with Crippen molar-refractivity contribution in [3.8, 4) is 0 Å². The van der Waals surface area contributed by atoms with E-state index in [1.54, 1.807) is 0 Å². The maximum atomic E-state index is 5.93. The first-order chi connectivity index (χ1) is 8.69. The van der Waals surface area contributed by atoms with E-state index in [4.69, 9.17) is 5.73 Å². The zero-order valence-electron chi connectivity index (χ0n) is 11.5. The first-order valence-electron chi connectivity index (χ1n) is 6.96. The predicted molar refractivity (Wildman–Crippen MR) is 74.6 cm³/mol. The number of aromatic nitrogens is 2. The molecule has 1 atom stereocenters. The third-order valence-corrected chi connectivity index (χ3v) is 3.81. The molecule has 0 spiro atoms. The summed E-state index contributed by atoms with van der Waals surface area (Å²) in [6, 6.07) is 0.215. The Kier molecular flexibility index (Phi) is 4.53. The van der Waals surface area contributed by atoms with Gasteiger partial charge < -0.3 is 10.6 Å². The van der Waals surface area contributed by atoms with E-state index < -0.39 is 0 Å². The second-order valence-corrected chi connectivity index (χ2v) is 5.44. The van der Waals surface area contributed by atoms with Gasteiger partial charge in [-0.05, 0) is 37.2 Å². The van der Waals surface area contributed by atoms with Crippen LogP contribution in [0.2, 0.25) is 0 Å². The van der Waals surface area contributed by atoms with Crippen LogP contribution in [0, 0.1) is 5.92 Å². The van der Waals surface area contributed by atoms with E-state index in [1.807, 2.05) is 12.4 Å². The number of hydrogen-bond acceptors (Lipinski definition) is 4. The molecule has 4 nitrogen and oxygen atoms in total. The van der Waals surface area contributed by atoms with Gasteiger partial charge in [-0.1, -0.05) is 13.3 Å². The number of nitrogens with zero attached hydrogens (tertiary/aromatic N) is 3. The molecule has 18 heavy (non-hydrogen) atoms. The van der Waals surface area contributed by atoms with Crippen LogP contribution in [0.3, 0.4) is 0 Å². The fourth-order valence-electron chi connectivity index (χ4n) is 2.24. The summed E-state index contributed by atoms with van der Waals surface area (Å²) >= 11 is 0. The largest absolute Gasteiger partial charge is 0.344 e. The molecular formula is C14H24N4. The van der Waals surface area contributed by atoms with Gasteiger partial charge in [-0.3, -0.25) is 0 Å². The van der Waals surface area contributed by atoms with Gasteiger partial charge in [0.2, 0.25) is 5.95 Å². The molecule has 1 heterocycles. The van der Waals surface area contributed by atoms with Crippen LogP contribution in [-0.4, -0.2) is 29.6 Å². The van der Waals surface area contributed by atoms with E-state index in [0.29, 0.717) is 0 Å². The van der Waals surface area contributed by atoms with E-state index >= 15 is 0 Å². The van der Waals surface area contributed by atoms with Crippen LogP contribution < -0.4 is 10.6 Å². The molecule has 100 valence electrons. The minimum atomic E-state index is 0.215. The molecule has 0 saturated heterocycles. The van der Waals surface area contributed by atoms with Gasteiger partial charge in [0.1, 0.15) is 0 Å². The number of nitrogens with two attached hydrogens (primary N) is 1. The third kappa shape index (κ3) is 3.42. The lowest BCUT2D eigenvalue weighted by molar-refractivity contribution is 0.320. The van der Waals surface area contributed by atoms with Gasteiger partial charge in [0, 0.05) is 32.0 Å². The highest BCUT2D eigenvalue weighted by Gasteiger charge is 2.20. The van der Waals surface area contributed by atoms with Crippen molar-refractivity contribution in [1.29, 1.82) is 0 Å². The minimum absolute atomic E-state index is 0.215. The molecule has 2 N–H and O–H groups in total. The summed E-state index contributed by atoms with van der Waals surface area (Å²) in [7, 11) is 2.07. The Morgan fingerprint density at radius 1 is 1.39 bits per heavy atom. The smallest absolute Gasteiger partial charge is 0.224 e. The van der Waals surface area contributed by atoms with Gasteiger partial charge in [-0.25, -0.2) is 9.97 Å². The Morgan fingerprint density at radius 3 is 2.56 bits per heavy atom. The van der Waals surface area contributed by atoms with Gasteiger partial charge >= 0.3 is 0 Å². The molecule has 0 amide bonds. The predicted octanol–water partition coefficient (Wildman–Crippen LogP) is 1.99. The Labute approximate surface area is 110 Å². The van der Waals surface area contributed by atoms with E-state index in [2.05, 4.69) is 28.8 Å². The summed E-state index contributed by atoms with van der Waals surface area (Å²) in [6.07, 6.45) is 9.77. The highest BCUT2D eigenvalue weighted by molar-refractivity contribution is 5.28. The van der Waals surface area contributed by atoms with Gasteiger partial charge in [-0.2, -0.15) is 0 Å². The van der Waals surface area contributed by atoms with Crippen molar-refractivity contribution in [2.75, 3.05) is 18.5 Å². The summed E-state index contributed by atoms with van der Waals surface area (Å²) in [4.78, 5) is 11.0. The molecule has 1 aliphatic rings. The average molecular weight is 248 g/mol. The van der Waals surface area contributed by atoms with Gasteiger partial charge in [0.15, 0.2) is 0 Å². The lowest BCUT2D eigenvalue weighted by Gasteiger charge is -2.30. The van der Waals surface area contributed by atoms with E-state index in [0.717, 1.165) is 36.8 Å². The van der Waals surface area contributed by atoms with Crippen molar-refractivity contribution in [2.24, 2.45) is 11.7 Å². The van der Waals surface area contributed by atoms with Crippen LogP contribution in [0.4, 0.5) is 5.95 Å². The van der Waals surface area contributed by atoms with E-state index in [9.17, 15) is 0 Å². The summed E-state index contributed by atoms with van der Waals surface area (Å²) in [5.41, 5.74) is 7.06. The second-order valence-electron chi connectivity index (χ2n) is 5.44. The quantitative estimate of drug-likeness (QED) is 0.836. The first-order valence-corrected chi connectivity index (χ1v) is 6.96. The maximum Gasteiger partial charge on any atom is 0.224 e. The van der Waals surface area contributed by atoms with Crippen molar-refractivity contribution < 1.29 is 0 Å². The van der Waals surface area contributed by atoms with E-state index in [-0.39, 0.29) is 6.04 Å². The molecule has 1 aliphatic carbocycles. The Morgan fingerprint density at radius 2 is 2.06 bits per heavy atom. The van der Waals surface area contributed by atoms with Crippen LogP contribution in [-0.2, 0) is 6.42 Å². The van der Waals surface area contributed by atoms with Gasteiger partial charge in [-0.15, -0.1) is 0 Å². The molecule has 1 unspecified atom stereocenters. The minimum Gasteiger partial charge on any atom is -0.344 e. The molecule has 4 heteroatoms. The zero-order valence-corrected chi connectivity index (χ0v) is 11.5.